The van der Waals surface area contributed by atoms with Gasteiger partial charge >= 0.3 is 0 Å². The molecule has 2 N–H and O–H groups in total. The zero-order chi connectivity index (χ0) is 12.1. The average molecular weight is 232 g/mol. The molecule has 0 bridgehead atoms. The summed E-state index contributed by atoms with van der Waals surface area (Å²) in [4.78, 5) is 0. The molecule has 17 heavy (non-hydrogen) atoms. The van der Waals surface area contributed by atoms with Gasteiger partial charge in [-0.25, -0.2) is 0 Å². The fourth-order valence-corrected chi connectivity index (χ4v) is 1.94. The molecule has 0 saturated carbocycles. The third-order valence-corrected chi connectivity index (χ3v) is 2.82. The van der Waals surface area contributed by atoms with E-state index in [1.165, 1.54) is 10.9 Å². The monoisotopic (exact) mass is 232 g/mol. The first-order valence-electron chi connectivity index (χ1n) is 6.27. The molecule has 0 aliphatic carbocycles. The van der Waals surface area contributed by atoms with Crippen LogP contribution in [0.4, 0.5) is 0 Å². The maximum absolute atomic E-state index is 5.62. The van der Waals surface area contributed by atoms with E-state index in [2.05, 4.69) is 35.9 Å². The van der Waals surface area contributed by atoms with E-state index in [1.54, 1.807) is 0 Å². The van der Waals surface area contributed by atoms with E-state index < -0.39 is 0 Å². The highest BCUT2D eigenvalue weighted by Gasteiger charge is 2.02. The van der Waals surface area contributed by atoms with Crippen LogP contribution in [0.1, 0.15) is 19.8 Å². The third-order valence-electron chi connectivity index (χ3n) is 2.82. The van der Waals surface area contributed by atoms with Gasteiger partial charge in [-0.2, -0.15) is 0 Å². The lowest BCUT2D eigenvalue weighted by Crippen LogP contribution is -2.04. The van der Waals surface area contributed by atoms with Gasteiger partial charge in [0.25, 0.3) is 0 Å². The first-order chi connectivity index (χ1) is 8.35. The largest absolute Gasteiger partial charge is 0.494 e. The van der Waals surface area contributed by atoms with Crippen LogP contribution in [0.15, 0.2) is 30.5 Å². The van der Waals surface area contributed by atoms with Gasteiger partial charge in [-0.05, 0) is 43.7 Å². The van der Waals surface area contributed by atoms with Crippen molar-refractivity contribution in [2.45, 2.75) is 26.3 Å². The van der Waals surface area contributed by atoms with Gasteiger partial charge in [0.15, 0.2) is 0 Å². The number of fused-ring (bicyclic) bond motifs is 1. The Labute approximate surface area is 102 Å². The van der Waals surface area contributed by atoms with Gasteiger partial charge in [-0.3, -0.25) is 0 Å². The Hall–Kier alpha value is -1.48. The summed E-state index contributed by atoms with van der Waals surface area (Å²) < 4.78 is 7.87. The lowest BCUT2D eigenvalue weighted by atomic mass is 10.2. The van der Waals surface area contributed by atoms with E-state index >= 15 is 0 Å². The lowest BCUT2D eigenvalue weighted by Gasteiger charge is -2.06. The first kappa shape index (κ1) is 12.0. The summed E-state index contributed by atoms with van der Waals surface area (Å²) in [6.45, 7) is 4.60. The summed E-state index contributed by atoms with van der Waals surface area (Å²) in [5.74, 6) is 0.955. The molecule has 2 rings (SSSR count). The lowest BCUT2D eigenvalue weighted by molar-refractivity contribution is 0.318. The van der Waals surface area contributed by atoms with Gasteiger partial charge < -0.3 is 15.0 Å². The number of nitrogens with zero attached hydrogens (tertiary/aromatic N) is 1. The highest BCUT2D eigenvalue weighted by Crippen LogP contribution is 2.22. The average Bonchev–Trinajstić information content (AvgIpc) is 2.76. The summed E-state index contributed by atoms with van der Waals surface area (Å²) in [7, 11) is 0. The van der Waals surface area contributed by atoms with Crippen molar-refractivity contribution in [1.82, 2.24) is 4.57 Å². The third kappa shape index (κ3) is 2.80. The van der Waals surface area contributed by atoms with Crippen LogP contribution in [-0.4, -0.2) is 17.7 Å². The van der Waals surface area contributed by atoms with Crippen molar-refractivity contribution < 1.29 is 4.74 Å². The molecule has 0 spiro atoms. The molecule has 0 radical (unpaired) electrons. The van der Waals surface area contributed by atoms with Crippen molar-refractivity contribution >= 4 is 10.9 Å². The number of aryl methyl sites for hydroxylation is 1. The number of hydrogen-bond acceptors (Lipinski definition) is 2. The Bertz CT molecular complexity index is 476. The molecular formula is C14H20N2O. The SMILES string of the molecule is CCCOc1ccc2c(ccn2CCCN)c1. The maximum Gasteiger partial charge on any atom is 0.120 e. The van der Waals surface area contributed by atoms with E-state index in [0.717, 1.165) is 38.3 Å². The van der Waals surface area contributed by atoms with Crippen LogP contribution in [0.5, 0.6) is 5.75 Å². The molecule has 1 aromatic heterocycles. The van der Waals surface area contributed by atoms with Crippen LogP contribution in [0.3, 0.4) is 0 Å². The standard InChI is InChI=1S/C14H20N2O/c1-2-10-17-13-4-5-14-12(11-13)6-9-16(14)8-3-7-15/h4-6,9,11H,2-3,7-8,10,15H2,1H3. The molecular weight excluding hydrogens is 212 g/mol. The Morgan fingerprint density at radius 2 is 2.18 bits per heavy atom. The summed E-state index contributed by atoms with van der Waals surface area (Å²) in [5, 5.41) is 1.23. The van der Waals surface area contributed by atoms with Gasteiger partial charge in [0.1, 0.15) is 5.75 Å². The number of ether oxygens (including phenoxy) is 1. The van der Waals surface area contributed by atoms with Gasteiger partial charge in [0.2, 0.25) is 0 Å². The van der Waals surface area contributed by atoms with Crippen LogP contribution in [0.2, 0.25) is 0 Å². The molecule has 3 nitrogen and oxygen atoms in total. The van der Waals surface area contributed by atoms with E-state index in [1.807, 2.05) is 6.07 Å². The quantitative estimate of drug-likeness (QED) is 0.832. The van der Waals surface area contributed by atoms with Gasteiger partial charge in [-0.15, -0.1) is 0 Å². The summed E-state index contributed by atoms with van der Waals surface area (Å²) in [6, 6.07) is 8.39. The molecule has 0 fully saturated rings. The minimum Gasteiger partial charge on any atom is -0.494 e. The second-order valence-electron chi connectivity index (χ2n) is 4.22. The normalized spacial score (nSPS) is 10.9. The van der Waals surface area contributed by atoms with Crippen molar-refractivity contribution in [1.29, 1.82) is 0 Å². The van der Waals surface area contributed by atoms with Crippen molar-refractivity contribution in [3.8, 4) is 5.75 Å². The highest BCUT2D eigenvalue weighted by molar-refractivity contribution is 5.81. The Morgan fingerprint density at radius 3 is 2.94 bits per heavy atom. The minimum absolute atomic E-state index is 0.734. The molecule has 0 unspecified atom stereocenters. The number of nitrogens with two attached hydrogens (primary N) is 1. The van der Waals surface area contributed by atoms with Crippen LogP contribution < -0.4 is 10.5 Å². The molecule has 0 saturated heterocycles. The summed E-state index contributed by atoms with van der Waals surface area (Å²) in [5.41, 5.74) is 6.79. The van der Waals surface area contributed by atoms with Crippen LogP contribution in [0, 0.1) is 0 Å². The molecule has 92 valence electrons. The number of hydrogen-bond donors (Lipinski definition) is 1. The predicted octanol–water partition coefficient (Wildman–Crippen LogP) is 2.78. The molecule has 2 aromatic rings. The maximum atomic E-state index is 5.62. The van der Waals surface area contributed by atoms with E-state index in [4.69, 9.17) is 10.5 Å². The fourth-order valence-electron chi connectivity index (χ4n) is 1.94. The van der Waals surface area contributed by atoms with Crippen LogP contribution >= 0.6 is 0 Å². The number of aromatic nitrogens is 1. The Morgan fingerprint density at radius 1 is 1.29 bits per heavy atom. The van der Waals surface area contributed by atoms with Crippen molar-refractivity contribution in [3.63, 3.8) is 0 Å². The van der Waals surface area contributed by atoms with E-state index in [9.17, 15) is 0 Å². The van der Waals surface area contributed by atoms with Gasteiger partial charge in [0, 0.05) is 23.6 Å². The zero-order valence-electron chi connectivity index (χ0n) is 10.4. The number of rotatable bonds is 6. The van der Waals surface area contributed by atoms with Gasteiger partial charge in [-0.1, -0.05) is 6.92 Å². The minimum atomic E-state index is 0.734. The summed E-state index contributed by atoms with van der Waals surface area (Å²) >= 11 is 0. The smallest absolute Gasteiger partial charge is 0.120 e. The Balaban J connectivity index is 2.19. The van der Waals surface area contributed by atoms with Crippen LogP contribution in [0.25, 0.3) is 10.9 Å². The molecule has 1 aromatic carbocycles. The predicted molar refractivity (Wildman–Crippen MR) is 71.4 cm³/mol. The van der Waals surface area contributed by atoms with E-state index in [0.29, 0.717) is 0 Å². The second-order valence-corrected chi connectivity index (χ2v) is 4.22. The highest BCUT2D eigenvalue weighted by atomic mass is 16.5. The second kappa shape index (κ2) is 5.73. The topological polar surface area (TPSA) is 40.2 Å². The molecule has 3 heteroatoms. The molecule has 1 heterocycles. The molecule has 0 aliphatic rings. The van der Waals surface area contributed by atoms with E-state index in [-0.39, 0.29) is 0 Å². The summed E-state index contributed by atoms with van der Waals surface area (Å²) in [6.07, 6.45) is 4.16. The first-order valence-corrected chi connectivity index (χ1v) is 6.27. The van der Waals surface area contributed by atoms with Crippen molar-refractivity contribution in [3.05, 3.63) is 30.5 Å². The Kier molecular flexibility index (Phi) is 4.04. The molecule has 0 atom stereocenters. The zero-order valence-corrected chi connectivity index (χ0v) is 10.4. The molecule has 0 aliphatic heterocycles. The van der Waals surface area contributed by atoms with Gasteiger partial charge in [0.05, 0.1) is 6.61 Å². The van der Waals surface area contributed by atoms with Crippen molar-refractivity contribution in [2.24, 2.45) is 5.73 Å². The fraction of sp³-hybridized carbons (Fsp3) is 0.429. The number of benzene rings is 1. The molecule has 0 amide bonds. The van der Waals surface area contributed by atoms with Crippen molar-refractivity contribution in [2.75, 3.05) is 13.2 Å². The van der Waals surface area contributed by atoms with Crippen LogP contribution in [-0.2, 0) is 6.54 Å².